The molecule has 0 heterocycles. The van der Waals surface area contributed by atoms with Gasteiger partial charge < -0.3 is 8.85 Å². The second kappa shape index (κ2) is 12.2. The molecular weight excluding hydrogens is 352 g/mol. The molecule has 0 unspecified atom stereocenters. The van der Waals surface area contributed by atoms with Crippen molar-refractivity contribution in [2.45, 2.75) is 116 Å². The molecule has 1 atom stereocenters. The zero-order valence-electron chi connectivity index (χ0n) is 18.4. The van der Waals surface area contributed by atoms with Crippen LogP contribution in [0.15, 0.2) is 24.0 Å². The van der Waals surface area contributed by atoms with E-state index in [1.54, 1.807) is 0 Å². The van der Waals surface area contributed by atoms with Gasteiger partial charge in [-0.15, -0.1) is 0 Å². The Morgan fingerprint density at radius 1 is 0.923 bits per heavy atom. The third-order valence-corrected chi connectivity index (χ3v) is 10.5. The van der Waals surface area contributed by atoms with Crippen molar-refractivity contribution < 1.29 is 8.85 Å². The van der Waals surface area contributed by atoms with E-state index in [4.69, 9.17) is 8.85 Å². The van der Waals surface area contributed by atoms with Gasteiger partial charge in [-0.3, -0.25) is 0 Å². The fourth-order valence-electron chi connectivity index (χ4n) is 3.65. The van der Waals surface area contributed by atoms with Gasteiger partial charge in [0.05, 0.1) is 11.9 Å². The predicted octanol–water partition coefficient (Wildman–Crippen LogP) is 7.80. The first-order valence-corrected chi connectivity index (χ1v) is 17.0. The van der Waals surface area contributed by atoms with Crippen LogP contribution in [0.2, 0.25) is 37.8 Å². The third kappa shape index (κ3) is 9.56. The Hall–Kier alpha value is -0.326. The van der Waals surface area contributed by atoms with Gasteiger partial charge in [0, 0.05) is 0 Å². The first-order valence-electron chi connectivity index (χ1n) is 11.1. The lowest BCUT2D eigenvalue weighted by Crippen LogP contribution is -2.41. The van der Waals surface area contributed by atoms with Crippen LogP contribution in [-0.4, -0.2) is 22.7 Å². The molecule has 0 saturated carbocycles. The molecule has 0 aromatic rings. The minimum Gasteiger partial charge on any atom is -0.545 e. The van der Waals surface area contributed by atoms with Crippen LogP contribution in [0.25, 0.3) is 0 Å². The Morgan fingerprint density at radius 3 is 1.92 bits per heavy atom. The minimum atomic E-state index is -1.64. The molecule has 2 nitrogen and oxygen atoms in total. The summed E-state index contributed by atoms with van der Waals surface area (Å²) in [5.74, 6) is 1.07. The van der Waals surface area contributed by atoms with Gasteiger partial charge in [-0.1, -0.05) is 65.4 Å². The van der Waals surface area contributed by atoms with E-state index in [1.807, 2.05) is 0 Å². The predicted molar refractivity (Wildman–Crippen MR) is 121 cm³/mol. The Kier molecular flexibility index (Phi) is 11.1. The molecule has 0 radical (unpaired) electrons. The van der Waals surface area contributed by atoms with E-state index in [2.05, 4.69) is 58.6 Å². The summed E-state index contributed by atoms with van der Waals surface area (Å²) < 4.78 is 13.2. The van der Waals surface area contributed by atoms with Gasteiger partial charge in [0.25, 0.3) is 0 Å². The quantitative estimate of drug-likeness (QED) is 0.296. The standard InChI is InChI=1S/C22H44O2Si2/c1-7-10-18-26(19-11-8-2,20-12-9-3)24-22-15-13-14-21(16-17-22)23-25(4,5)6/h14,16-17,22H,7-13,15,18-20H2,1-6H3/t22-/m1/s1. The number of rotatable bonds is 13. The maximum atomic E-state index is 7.02. The van der Waals surface area contributed by atoms with Gasteiger partial charge in [0.15, 0.2) is 8.32 Å². The molecule has 0 fully saturated rings. The Morgan fingerprint density at radius 2 is 1.46 bits per heavy atom. The highest BCUT2D eigenvalue weighted by molar-refractivity contribution is 6.73. The average Bonchev–Trinajstić information content (AvgIpc) is 2.79. The van der Waals surface area contributed by atoms with E-state index < -0.39 is 16.6 Å². The van der Waals surface area contributed by atoms with Crippen LogP contribution in [-0.2, 0) is 8.85 Å². The van der Waals surface area contributed by atoms with E-state index in [1.165, 1.54) is 56.7 Å². The molecule has 0 aromatic heterocycles. The summed E-state index contributed by atoms with van der Waals surface area (Å²) in [6, 6.07) is 4.04. The van der Waals surface area contributed by atoms with Crippen LogP contribution in [0.1, 0.15) is 72.1 Å². The SMILES string of the molecule is CCCC[Si](CCCC)(CCCC)O[C@H]1C=CC(O[Si](C)(C)C)=CCC1. The summed E-state index contributed by atoms with van der Waals surface area (Å²) in [6.45, 7) is 13.7. The molecule has 1 aliphatic rings. The second-order valence-corrected chi connectivity index (χ2v) is 17.4. The van der Waals surface area contributed by atoms with E-state index >= 15 is 0 Å². The zero-order chi connectivity index (χ0) is 19.5. The van der Waals surface area contributed by atoms with E-state index in [-0.39, 0.29) is 6.10 Å². The van der Waals surface area contributed by atoms with Gasteiger partial charge in [0.2, 0.25) is 8.32 Å². The highest BCUT2D eigenvalue weighted by atomic mass is 28.4. The molecule has 0 bridgehead atoms. The Balaban J connectivity index is 2.83. The molecule has 0 spiro atoms. The smallest absolute Gasteiger partial charge is 0.242 e. The molecule has 1 aliphatic carbocycles. The highest BCUT2D eigenvalue weighted by Gasteiger charge is 2.35. The number of hydrogen-bond acceptors (Lipinski definition) is 2. The molecule has 152 valence electrons. The minimum absolute atomic E-state index is 0.284. The molecule has 1 rings (SSSR count). The van der Waals surface area contributed by atoms with E-state index in [0.717, 1.165) is 18.6 Å². The first kappa shape index (κ1) is 23.7. The van der Waals surface area contributed by atoms with Gasteiger partial charge in [0.1, 0.15) is 0 Å². The van der Waals surface area contributed by atoms with Crippen molar-refractivity contribution in [3.05, 3.63) is 24.0 Å². The van der Waals surface area contributed by atoms with Crippen molar-refractivity contribution in [2.24, 2.45) is 0 Å². The maximum absolute atomic E-state index is 7.02. The van der Waals surface area contributed by atoms with Crippen molar-refractivity contribution in [3.8, 4) is 0 Å². The van der Waals surface area contributed by atoms with Crippen molar-refractivity contribution >= 4 is 16.6 Å². The van der Waals surface area contributed by atoms with E-state index in [0.29, 0.717) is 0 Å². The molecular formula is C22H44O2Si2. The highest BCUT2D eigenvalue weighted by Crippen LogP contribution is 2.32. The largest absolute Gasteiger partial charge is 0.545 e. The summed E-state index contributed by atoms with van der Waals surface area (Å²) in [6.07, 6.45) is 17.1. The van der Waals surface area contributed by atoms with Gasteiger partial charge in [-0.2, -0.15) is 0 Å². The van der Waals surface area contributed by atoms with Crippen LogP contribution in [0.4, 0.5) is 0 Å². The lowest BCUT2D eigenvalue weighted by molar-refractivity contribution is 0.220. The molecule has 0 aliphatic heterocycles. The summed E-state index contributed by atoms with van der Waals surface area (Å²) in [5.41, 5.74) is 0. The zero-order valence-corrected chi connectivity index (χ0v) is 20.4. The number of hydrogen-bond donors (Lipinski definition) is 0. The van der Waals surface area contributed by atoms with Crippen molar-refractivity contribution in [2.75, 3.05) is 0 Å². The van der Waals surface area contributed by atoms with Gasteiger partial charge >= 0.3 is 0 Å². The molecule has 26 heavy (non-hydrogen) atoms. The molecule has 4 heteroatoms. The Bertz CT molecular complexity index is 416. The topological polar surface area (TPSA) is 18.5 Å². The normalized spacial score (nSPS) is 18.5. The third-order valence-electron chi connectivity index (χ3n) is 5.06. The number of unbranched alkanes of at least 4 members (excludes halogenated alkanes) is 3. The fraction of sp³-hybridized carbons (Fsp3) is 0.818. The van der Waals surface area contributed by atoms with Crippen molar-refractivity contribution in [1.82, 2.24) is 0 Å². The average molecular weight is 397 g/mol. The molecule has 0 amide bonds. The summed E-state index contributed by atoms with van der Waals surface area (Å²) in [7, 11) is -3.18. The van der Waals surface area contributed by atoms with Gasteiger partial charge in [-0.25, -0.2) is 0 Å². The molecule has 0 saturated heterocycles. The second-order valence-electron chi connectivity index (χ2n) is 8.91. The lowest BCUT2D eigenvalue weighted by atomic mass is 10.2. The first-order chi connectivity index (χ1) is 12.3. The Labute approximate surface area is 165 Å². The van der Waals surface area contributed by atoms with Gasteiger partial charge in [-0.05, 0) is 62.8 Å². The monoisotopic (exact) mass is 396 g/mol. The molecule has 0 aromatic carbocycles. The number of allylic oxidation sites excluding steroid dienone is 2. The lowest BCUT2D eigenvalue weighted by Gasteiger charge is -2.35. The fourth-order valence-corrected chi connectivity index (χ4v) is 9.45. The van der Waals surface area contributed by atoms with Crippen molar-refractivity contribution in [1.29, 1.82) is 0 Å². The summed E-state index contributed by atoms with van der Waals surface area (Å²) >= 11 is 0. The van der Waals surface area contributed by atoms with Crippen LogP contribution in [0.3, 0.4) is 0 Å². The van der Waals surface area contributed by atoms with Crippen LogP contribution in [0, 0.1) is 0 Å². The summed E-state index contributed by atoms with van der Waals surface area (Å²) in [5, 5.41) is 0. The van der Waals surface area contributed by atoms with Crippen LogP contribution >= 0.6 is 0 Å². The van der Waals surface area contributed by atoms with Crippen molar-refractivity contribution in [3.63, 3.8) is 0 Å². The maximum Gasteiger partial charge on any atom is 0.242 e. The molecule has 0 N–H and O–H groups in total. The van der Waals surface area contributed by atoms with Crippen LogP contribution < -0.4 is 0 Å². The van der Waals surface area contributed by atoms with E-state index in [9.17, 15) is 0 Å². The van der Waals surface area contributed by atoms with Crippen LogP contribution in [0.5, 0.6) is 0 Å². The summed E-state index contributed by atoms with van der Waals surface area (Å²) in [4.78, 5) is 0.